The molecule has 3 N–H and O–H groups in total. The van der Waals surface area contributed by atoms with Gasteiger partial charge in [0.2, 0.25) is 0 Å². The Morgan fingerprint density at radius 1 is 1.38 bits per heavy atom. The molecule has 1 saturated carbocycles. The lowest BCUT2D eigenvalue weighted by Crippen LogP contribution is -3.11. The zero-order valence-corrected chi connectivity index (χ0v) is 13.9. The van der Waals surface area contributed by atoms with Crippen molar-refractivity contribution in [3.8, 4) is 6.07 Å². The van der Waals surface area contributed by atoms with Crippen LogP contribution in [0.1, 0.15) is 19.8 Å². The van der Waals surface area contributed by atoms with Crippen LogP contribution in [0, 0.1) is 23.1 Å². The zero-order valence-electron chi connectivity index (χ0n) is 13.9. The molecule has 0 radical (unpaired) electrons. The molecule has 0 heterocycles. The second kappa shape index (κ2) is 7.41. The molecule has 0 aromatic heterocycles. The van der Waals surface area contributed by atoms with Gasteiger partial charge in [-0.25, -0.2) is 4.39 Å². The maximum Gasteiger partial charge on any atom is 0.279 e. The third kappa shape index (κ3) is 5.03. The molecule has 1 fully saturated rings. The minimum absolute atomic E-state index is 0.0661. The van der Waals surface area contributed by atoms with Gasteiger partial charge in [0.05, 0.1) is 13.1 Å². The molecule has 1 aromatic rings. The van der Waals surface area contributed by atoms with Gasteiger partial charge in [0, 0.05) is 5.69 Å². The molecule has 24 heavy (non-hydrogen) atoms. The predicted molar refractivity (Wildman–Crippen MR) is 86.5 cm³/mol. The quantitative estimate of drug-likeness (QED) is 0.661. The summed E-state index contributed by atoms with van der Waals surface area (Å²) in [5, 5.41) is 14.6. The van der Waals surface area contributed by atoms with Crippen LogP contribution in [-0.4, -0.2) is 37.5 Å². The van der Waals surface area contributed by atoms with Crippen LogP contribution in [0.3, 0.4) is 0 Å². The number of hydrogen-bond donors (Lipinski definition) is 3. The van der Waals surface area contributed by atoms with Gasteiger partial charge in [-0.05, 0) is 43.9 Å². The molecule has 1 aromatic carbocycles. The Morgan fingerprint density at radius 3 is 2.62 bits per heavy atom. The first-order valence-corrected chi connectivity index (χ1v) is 7.91. The highest BCUT2D eigenvalue weighted by atomic mass is 19.1. The van der Waals surface area contributed by atoms with E-state index in [1.54, 1.807) is 20.0 Å². The minimum Gasteiger partial charge on any atom is -0.333 e. The Hall–Kier alpha value is -2.46. The van der Waals surface area contributed by atoms with Gasteiger partial charge in [-0.2, -0.15) is 5.26 Å². The smallest absolute Gasteiger partial charge is 0.279 e. The van der Waals surface area contributed by atoms with Crippen LogP contribution in [0.2, 0.25) is 0 Å². The molecule has 1 aliphatic rings. The summed E-state index contributed by atoms with van der Waals surface area (Å²) < 4.78 is 13.1. The van der Waals surface area contributed by atoms with Crippen LogP contribution in [0.4, 0.5) is 10.1 Å². The summed E-state index contributed by atoms with van der Waals surface area (Å²) in [4.78, 5) is 24.7. The van der Waals surface area contributed by atoms with Gasteiger partial charge in [0.15, 0.2) is 13.1 Å². The largest absolute Gasteiger partial charge is 0.333 e. The topological polar surface area (TPSA) is 86.4 Å². The zero-order chi connectivity index (χ0) is 17.7. The summed E-state index contributed by atoms with van der Waals surface area (Å²) >= 11 is 0. The van der Waals surface area contributed by atoms with Crippen molar-refractivity contribution in [2.24, 2.45) is 5.92 Å². The van der Waals surface area contributed by atoms with E-state index in [0.717, 1.165) is 12.8 Å². The number of amides is 2. The lowest BCUT2D eigenvalue weighted by molar-refractivity contribution is -0.862. The van der Waals surface area contributed by atoms with E-state index < -0.39 is 11.4 Å². The van der Waals surface area contributed by atoms with E-state index in [1.165, 1.54) is 18.2 Å². The van der Waals surface area contributed by atoms with Crippen LogP contribution in [0.15, 0.2) is 24.3 Å². The van der Waals surface area contributed by atoms with Gasteiger partial charge in [-0.1, -0.05) is 6.07 Å². The number of benzene rings is 1. The first-order chi connectivity index (χ1) is 11.3. The number of anilines is 1. The molecule has 0 spiro atoms. The van der Waals surface area contributed by atoms with Gasteiger partial charge in [-0.15, -0.1) is 0 Å². The molecule has 1 aliphatic carbocycles. The van der Waals surface area contributed by atoms with Crippen molar-refractivity contribution < 1.29 is 18.9 Å². The Kier molecular flexibility index (Phi) is 5.52. The monoisotopic (exact) mass is 333 g/mol. The molecular weight excluding hydrogens is 311 g/mol. The van der Waals surface area contributed by atoms with Gasteiger partial charge >= 0.3 is 0 Å². The van der Waals surface area contributed by atoms with Crippen molar-refractivity contribution in [2.45, 2.75) is 25.3 Å². The third-order valence-electron chi connectivity index (χ3n) is 4.06. The molecule has 0 bridgehead atoms. The molecule has 128 valence electrons. The van der Waals surface area contributed by atoms with Gasteiger partial charge < -0.3 is 15.5 Å². The fourth-order valence-electron chi connectivity index (χ4n) is 2.60. The van der Waals surface area contributed by atoms with Gasteiger partial charge in [-0.3, -0.25) is 9.59 Å². The summed E-state index contributed by atoms with van der Waals surface area (Å²) in [6.45, 7) is 1.88. The SMILES string of the molecule is C[NH+](CC(=O)Nc1cccc(F)c1)CC(=O)N[C@@](C)(C#N)C1CC1. The lowest BCUT2D eigenvalue weighted by Gasteiger charge is -2.23. The summed E-state index contributed by atoms with van der Waals surface area (Å²) in [5.74, 6) is -0.787. The maximum atomic E-state index is 13.1. The number of hydrogen-bond acceptors (Lipinski definition) is 3. The molecule has 0 saturated heterocycles. The fourth-order valence-corrected chi connectivity index (χ4v) is 2.60. The molecular formula is C17H22FN4O2+. The third-order valence-corrected chi connectivity index (χ3v) is 4.06. The van der Waals surface area contributed by atoms with Gasteiger partial charge in [0.1, 0.15) is 11.4 Å². The van der Waals surface area contributed by atoms with E-state index in [2.05, 4.69) is 16.7 Å². The van der Waals surface area contributed by atoms with Crippen LogP contribution in [-0.2, 0) is 9.59 Å². The average Bonchev–Trinajstić information content (AvgIpc) is 3.31. The van der Waals surface area contributed by atoms with Crippen LogP contribution in [0.25, 0.3) is 0 Å². The lowest BCUT2D eigenvalue weighted by atomic mass is 9.98. The Morgan fingerprint density at radius 2 is 2.04 bits per heavy atom. The Labute approximate surface area is 140 Å². The van der Waals surface area contributed by atoms with Crippen LogP contribution < -0.4 is 15.5 Å². The van der Waals surface area contributed by atoms with E-state index in [0.29, 0.717) is 10.6 Å². The summed E-state index contributed by atoms with van der Waals surface area (Å²) in [6.07, 6.45) is 1.89. The van der Waals surface area contributed by atoms with E-state index in [-0.39, 0.29) is 30.8 Å². The summed E-state index contributed by atoms with van der Waals surface area (Å²) in [7, 11) is 1.71. The van der Waals surface area contributed by atoms with E-state index in [4.69, 9.17) is 0 Å². The number of nitriles is 1. The highest BCUT2D eigenvalue weighted by molar-refractivity contribution is 5.91. The van der Waals surface area contributed by atoms with E-state index in [9.17, 15) is 19.2 Å². The normalized spacial score (nSPS) is 17.2. The molecule has 2 atom stereocenters. The number of nitrogens with one attached hydrogen (secondary N) is 3. The summed E-state index contributed by atoms with van der Waals surface area (Å²) in [6, 6.07) is 7.80. The van der Waals surface area contributed by atoms with E-state index >= 15 is 0 Å². The second-order valence-corrected chi connectivity index (χ2v) is 6.51. The van der Waals surface area contributed by atoms with Crippen molar-refractivity contribution >= 4 is 17.5 Å². The molecule has 7 heteroatoms. The number of nitrogens with zero attached hydrogens (tertiary/aromatic N) is 1. The molecule has 0 aliphatic heterocycles. The highest BCUT2D eigenvalue weighted by Gasteiger charge is 2.43. The van der Waals surface area contributed by atoms with Crippen LogP contribution in [0.5, 0.6) is 0 Å². The maximum absolute atomic E-state index is 13.1. The second-order valence-electron chi connectivity index (χ2n) is 6.51. The first kappa shape index (κ1) is 17.9. The number of carbonyl (C=O) groups excluding carboxylic acids is 2. The predicted octanol–water partition coefficient (Wildman–Crippen LogP) is 0.0874. The van der Waals surface area contributed by atoms with Crippen molar-refractivity contribution in [1.29, 1.82) is 5.26 Å². The summed E-state index contributed by atoms with van der Waals surface area (Å²) in [5.41, 5.74) is -0.454. The molecule has 6 nitrogen and oxygen atoms in total. The van der Waals surface area contributed by atoms with Crippen molar-refractivity contribution in [1.82, 2.24) is 5.32 Å². The van der Waals surface area contributed by atoms with Crippen molar-refractivity contribution in [3.05, 3.63) is 30.1 Å². The Balaban J connectivity index is 1.79. The molecule has 1 unspecified atom stereocenters. The molecule has 2 rings (SSSR count). The van der Waals surface area contributed by atoms with Crippen LogP contribution >= 0.6 is 0 Å². The van der Waals surface area contributed by atoms with Crippen molar-refractivity contribution in [3.63, 3.8) is 0 Å². The number of carbonyl (C=O) groups is 2. The Bertz CT molecular complexity index is 669. The van der Waals surface area contributed by atoms with E-state index in [1.807, 2.05) is 0 Å². The number of halogens is 1. The fraction of sp³-hybridized carbons (Fsp3) is 0.471. The van der Waals surface area contributed by atoms with Crippen molar-refractivity contribution in [2.75, 3.05) is 25.5 Å². The average molecular weight is 333 g/mol. The number of quaternary nitrogens is 1. The highest BCUT2D eigenvalue weighted by Crippen LogP contribution is 2.39. The minimum atomic E-state index is -0.832. The van der Waals surface area contributed by atoms with Gasteiger partial charge in [0.25, 0.3) is 11.8 Å². The molecule has 2 amide bonds. The first-order valence-electron chi connectivity index (χ1n) is 7.91. The number of rotatable bonds is 7. The number of likely N-dealkylation sites (N-methyl/N-ethyl adjacent to an activating group) is 1. The standard InChI is InChI=1S/C17H21FN4O2/c1-17(11-19,12-6-7-12)21-16(24)10-22(2)9-15(23)20-14-5-3-4-13(18)8-14/h3-5,8,12H,6-7,9-10H2,1-2H3,(H,20,23)(H,21,24)/p+1/t17-/m0/s1.